The van der Waals surface area contributed by atoms with Crippen LogP contribution >= 0.6 is 15.9 Å². The molecule has 54 valence electrons. The highest BCUT2D eigenvalue weighted by Gasteiger charge is 2.22. The molecule has 1 fully saturated rings. The van der Waals surface area contributed by atoms with Gasteiger partial charge in [0.25, 0.3) is 0 Å². The maximum Gasteiger partial charge on any atom is 0.0171 e. The lowest BCUT2D eigenvalue weighted by Crippen LogP contribution is -2.20. The molecule has 1 saturated carbocycles. The molecule has 0 saturated heterocycles. The highest BCUT2D eigenvalue weighted by Crippen LogP contribution is 2.32. The molecule has 1 aliphatic carbocycles. The van der Waals surface area contributed by atoms with E-state index in [1.807, 2.05) is 0 Å². The fourth-order valence-corrected chi connectivity index (χ4v) is 2.11. The van der Waals surface area contributed by atoms with Crippen LogP contribution in [0, 0.1) is 11.8 Å². The second kappa shape index (κ2) is 3.05. The van der Waals surface area contributed by atoms with Crippen molar-refractivity contribution in [2.45, 2.75) is 37.9 Å². The van der Waals surface area contributed by atoms with Gasteiger partial charge in [-0.3, -0.25) is 0 Å². The van der Waals surface area contributed by atoms with Crippen LogP contribution in [0.25, 0.3) is 0 Å². The van der Waals surface area contributed by atoms with E-state index in [9.17, 15) is 0 Å². The number of hydrogen-bond acceptors (Lipinski definition) is 0. The van der Waals surface area contributed by atoms with E-state index in [0.29, 0.717) is 0 Å². The third-order valence-electron chi connectivity index (χ3n) is 2.33. The Balaban J connectivity index is 2.35. The lowest BCUT2D eigenvalue weighted by molar-refractivity contribution is 0.314. The molecule has 1 heteroatoms. The van der Waals surface area contributed by atoms with E-state index in [1.165, 1.54) is 19.3 Å². The van der Waals surface area contributed by atoms with E-state index in [-0.39, 0.29) is 0 Å². The monoisotopic (exact) mass is 190 g/mol. The molecule has 0 spiro atoms. The summed E-state index contributed by atoms with van der Waals surface area (Å²) in [7, 11) is 0. The van der Waals surface area contributed by atoms with E-state index in [2.05, 4.69) is 29.8 Å². The summed E-state index contributed by atoms with van der Waals surface area (Å²) in [6, 6.07) is 0. The van der Waals surface area contributed by atoms with Crippen molar-refractivity contribution < 1.29 is 0 Å². The fourth-order valence-electron chi connectivity index (χ4n) is 1.63. The average molecular weight is 191 g/mol. The number of alkyl halides is 1. The molecule has 0 radical (unpaired) electrons. The first-order valence-electron chi connectivity index (χ1n) is 3.84. The Kier molecular flexibility index (Phi) is 2.57. The van der Waals surface area contributed by atoms with E-state index in [0.717, 1.165) is 16.7 Å². The van der Waals surface area contributed by atoms with Crippen LogP contribution in [0.1, 0.15) is 33.1 Å². The van der Waals surface area contributed by atoms with Gasteiger partial charge in [0, 0.05) is 4.83 Å². The predicted octanol–water partition coefficient (Wildman–Crippen LogP) is 3.21. The van der Waals surface area contributed by atoms with Crippen molar-refractivity contribution in [3.05, 3.63) is 0 Å². The van der Waals surface area contributed by atoms with Gasteiger partial charge < -0.3 is 0 Å². The van der Waals surface area contributed by atoms with Crippen molar-refractivity contribution in [3.63, 3.8) is 0 Å². The Morgan fingerprint density at radius 2 is 1.89 bits per heavy atom. The zero-order valence-corrected chi connectivity index (χ0v) is 7.82. The SMILES string of the molecule is C[C@H]1CC[C@H](Br)[C@@H](C)C1. The molecule has 1 rings (SSSR count). The minimum atomic E-state index is 0.800. The number of halogens is 1. The van der Waals surface area contributed by atoms with Crippen molar-refractivity contribution in [1.29, 1.82) is 0 Å². The second-order valence-electron chi connectivity index (χ2n) is 3.41. The van der Waals surface area contributed by atoms with Gasteiger partial charge in [-0.25, -0.2) is 0 Å². The Morgan fingerprint density at radius 1 is 1.22 bits per heavy atom. The van der Waals surface area contributed by atoms with Crippen LogP contribution in [0.4, 0.5) is 0 Å². The molecule has 0 aliphatic heterocycles. The summed E-state index contributed by atoms with van der Waals surface area (Å²) in [5.74, 6) is 1.86. The molecule has 3 atom stereocenters. The lowest BCUT2D eigenvalue weighted by Gasteiger charge is -2.28. The molecule has 9 heavy (non-hydrogen) atoms. The van der Waals surface area contributed by atoms with E-state index in [4.69, 9.17) is 0 Å². The Bertz CT molecular complexity index is 90.6. The summed E-state index contributed by atoms with van der Waals surface area (Å²) in [4.78, 5) is 0.800. The number of rotatable bonds is 0. The molecule has 1 aliphatic rings. The second-order valence-corrected chi connectivity index (χ2v) is 4.59. The maximum absolute atomic E-state index is 3.68. The summed E-state index contributed by atoms with van der Waals surface area (Å²) in [5, 5.41) is 0. The largest absolute Gasteiger partial charge is 0.0888 e. The van der Waals surface area contributed by atoms with Gasteiger partial charge in [-0.2, -0.15) is 0 Å². The molecule has 0 N–H and O–H groups in total. The molecule has 0 unspecified atom stereocenters. The van der Waals surface area contributed by atoms with Gasteiger partial charge in [0.1, 0.15) is 0 Å². The quantitative estimate of drug-likeness (QED) is 0.516. The van der Waals surface area contributed by atoms with Crippen molar-refractivity contribution in [2.24, 2.45) is 11.8 Å². The van der Waals surface area contributed by atoms with Gasteiger partial charge in [-0.15, -0.1) is 0 Å². The Labute approximate surface area is 66.2 Å². The van der Waals surface area contributed by atoms with E-state index < -0.39 is 0 Å². The predicted molar refractivity (Wildman–Crippen MR) is 44.9 cm³/mol. The van der Waals surface area contributed by atoms with Gasteiger partial charge in [0.15, 0.2) is 0 Å². The molecular formula is C8H15Br. The van der Waals surface area contributed by atoms with Gasteiger partial charge in [0.05, 0.1) is 0 Å². The van der Waals surface area contributed by atoms with Crippen molar-refractivity contribution in [2.75, 3.05) is 0 Å². The van der Waals surface area contributed by atoms with E-state index in [1.54, 1.807) is 0 Å². The first kappa shape index (κ1) is 7.59. The molecule has 0 bridgehead atoms. The molecular weight excluding hydrogens is 176 g/mol. The highest BCUT2D eigenvalue weighted by atomic mass is 79.9. The highest BCUT2D eigenvalue weighted by molar-refractivity contribution is 9.09. The van der Waals surface area contributed by atoms with Crippen LogP contribution in [0.5, 0.6) is 0 Å². The minimum absolute atomic E-state index is 0.800. The Morgan fingerprint density at radius 3 is 2.33 bits per heavy atom. The van der Waals surface area contributed by atoms with Crippen molar-refractivity contribution in [3.8, 4) is 0 Å². The minimum Gasteiger partial charge on any atom is -0.0888 e. The van der Waals surface area contributed by atoms with Gasteiger partial charge in [-0.05, 0) is 31.1 Å². The standard InChI is InChI=1S/C8H15Br/c1-6-3-4-8(9)7(2)5-6/h6-8H,3-5H2,1-2H3/t6-,7-,8-/m0/s1. The smallest absolute Gasteiger partial charge is 0.0171 e. The van der Waals surface area contributed by atoms with Gasteiger partial charge >= 0.3 is 0 Å². The van der Waals surface area contributed by atoms with Gasteiger partial charge in [-0.1, -0.05) is 29.8 Å². The summed E-state index contributed by atoms with van der Waals surface area (Å²) in [6.45, 7) is 4.70. The topological polar surface area (TPSA) is 0 Å². The summed E-state index contributed by atoms with van der Waals surface area (Å²) in [6.07, 6.45) is 4.21. The third-order valence-corrected chi connectivity index (χ3v) is 3.69. The van der Waals surface area contributed by atoms with Crippen LogP contribution in [-0.4, -0.2) is 4.83 Å². The van der Waals surface area contributed by atoms with Crippen LogP contribution in [-0.2, 0) is 0 Å². The molecule has 0 amide bonds. The van der Waals surface area contributed by atoms with Crippen molar-refractivity contribution >= 4 is 15.9 Å². The van der Waals surface area contributed by atoms with Crippen molar-refractivity contribution in [1.82, 2.24) is 0 Å². The lowest BCUT2D eigenvalue weighted by atomic mass is 9.84. The maximum atomic E-state index is 3.68. The molecule has 0 aromatic rings. The first-order valence-corrected chi connectivity index (χ1v) is 4.75. The molecule has 0 aromatic heterocycles. The summed E-state index contributed by atoms with van der Waals surface area (Å²) in [5.41, 5.74) is 0. The third kappa shape index (κ3) is 1.96. The van der Waals surface area contributed by atoms with Crippen LogP contribution in [0.2, 0.25) is 0 Å². The van der Waals surface area contributed by atoms with Crippen LogP contribution in [0.15, 0.2) is 0 Å². The van der Waals surface area contributed by atoms with E-state index >= 15 is 0 Å². The normalized spacial score (nSPS) is 45.0. The molecule has 0 heterocycles. The fraction of sp³-hybridized carbons (Fsp3) is 1.00. The first-order chi connectivity index (χ1) is 4.20. The molecule has 0 nitrogen and oxygen atoms in total. The Hall–Kier alpha value is 0.480. The summed E-state index contributed by atoms with van der Waals surface area (Å²) >= 11 is 3.68. The molecule has 0 aromatic carbocycles. The zero-order valence-electron chi connectivity index (χ0n) is 6.23. The average Bonchev–Trinajstić information content (AvgIpc) is 1.80. The van der Waals surface area contributed by atoms with Gasteiger partial charge in [0.2, 0.25) is 0 Å². The number of hydrogen-bond donors (Lipinski definition) is 0. The zero-order chi connectivity index (χ0) is 6.85. The summed E-state index contributed by atoms with van der Waals surface area (Å²) < 4.78 is 0. The van der Waals surface area contributed by atoms with Crippen LogP contribution < -0.4 is 0 Å². The van der Waals surface area contributed by atoms with Crippen LogP contribution in [0.3, 0.4) is 0 Å².